The molecule has 2 aromatic rings. The smallest absolute Gasteiger partial charge is 0.277 e. The van der Waals surface area contributed by atoms with Gasteiger partial charge in [-0.2, -0.15) is 0 Å². The zero-order chi connectivity index (χ0) is 17.5. The standard InChI is InChI=1S/C16H20FN3O3S/c1-10(2)8-18-14(21)9-24-16-20-19-15(23-16)11(3)22-13-7-5-4-6-12(13)17/h4-7,10-11H,8-9H2,1-3H3,(H,18,21)/t11-/m1/s1. The minimum atomic E-state index is -0.599. The van der Waals surface area contributed by atoms with E-state index < -0.39 is 11.9 Å². The largest absolute Gasteiger partial charge is 0.478 e. The van der Waals surface area contributed by atoms with Gasteiger partial charge in [0.15, 0.2) is 17.7 Å². The van der Waals surface area contributed by atoms with Crippen LogP contribution in [0.3, 0.4) is 0 Å². The van der Waals surface area contributed by atoms with Crippen molar-refractivity contribution < 1.29 is 18.3 Å². The van der Waals surface area contributed by atoms with E-state index in [0.717, 1.165) is 11.8 Å². The number of halogens is 1. The molecule has 0 saturated heterocycles. The van der Waals surface area contributed by atoms with E-state index >= 15 is 0 Å². The fraction of sp³-hybridized carbons (Fsp3) is 0.438. The van der Waals surface area contributed by atoms with E-state index in [1.165, 1.54) is 12.1 Å². The number of carbonyl (C=O) groups excluding carboxylic acids is 1. The lowest BCUT2D eigenvalue weighted by Gasteiger charge is -2.11. The normalized spacial score (nSPS) is 12.2. The summed E-state index contributed by atoms with van der Waals surface area (Å²) in [6, 6.07) is 6.10. The Kier molecular flexibility index (Phi) is 6.60. The first-order valence-electron chi connectivity index (χ1n) is 7.59. The van der Waals surface area contributed by atoms with Crippen LogP contribution in [-0.2, 0) is 4.79 Å². The van der Waals surface area contributed by atoms with Crippen LogP contribution in [0.25, 0.3) is 0 Å². The van der Waals surface area contributed by atoms with Crippen molar-refractivity contribution in [3.63, 3.8) is 0 Å². The number of hydrogen-bond acceptors (Lipinski definition) is 6. The van der Waals surface area contributed by atoms with E-state index in [4.69, 9.17) is 9.15 Å². The minimum Gasteiger partial charge on any atom is -0.478 e. The number of rotatable bonds is 8. The first-order chi connectivity index (χ1) is 11.5. The van der Waals surface area contributed by atoms with Crippen molar-refractivity contribution in [2.45, 2.75) is 32.1 Å². The van der Waals surface area contributed by atoms with Gasteiger partial charge in [0.05, 0.1) is 5.75 Å². The molecule has 0 unspecified atom stereocenters. The molecule has 1 atom stereocenters. The van der Waals surface area contributed by atoms with E-state index in [1.54, 1.807) is 19.1 Å². The second-order valence-corrected chi connectivity index (χ2v) is 6.51. The van der Waals surface area contributed by atoms with E-state index in [-0.39, 0.29) is 28.5 Å². The van der Waals surface area contributed by atoms with E-state index in [2.05, 4.69) is 15.5 Å². The van der Waals surface area contributed by atoms with Crippen LogP contribution in [0.5, 0.6) is 5.75 Å². The lowest BCUT2D eigenvalue weighted by atomic mass is 10.2. The third-order valence-electron chi connectivity index (χ3n) is 2.94. The number of hydrogen-bond donors (Lipinski definition) is 1. The number of thioether (sulfide) groups is 1. The predicted octanol–water partition coefficient (Wildman–Crippen LogP) is 3.21. The first-order valence-corrected chi connectivity index (χ1v) is 8.58. The van der Waals surface area contributed by atoms with Gasteiger partial charge in [0.25, 0.3) is 11.1 Å². The molecular weight excluding hydrogens is 333 g/mol. The van der Waals surface area contributed by atoms with Gasteiger partial charge in [-0.3, -0.25) is 4.79 Å². The summed E-state index contributed by atoms with van der Waals surface area (Å²) in [6.45, 7) is 6.36. The van der Waals surface area contributed by atoms with Crippen molar-refractivity contribution in [2.75, 3.05) is 12.3 Å². The van der Waals surface area contributed by atoms with Crippen LogP contribution in [0.4, 0.5) is 4.39 Å². The molecule has 0 bridgehead atoms. The average Bonchev–Trinajstić information content (AvgIpc) is 3.02. The highest BCUT2D eigenvalue weighted by atomic mass is 32.2. The lowest BCUT2D eigenvalue weighted by molar-refractivity contribution is -0.118. The number of carbonyl (C=O) groups is 1. The number of nitrogens with zero attached hydrogens (tertiary/aromatic N) is 2. The van der Waals surface area contributed by atoms with E-state index in [9.17, 15) is 9.18 Å². The molecule has 0 radical (unpaired) electrons. The molecule has 1 aromatic carbocycles. The Bertz CT molecular complexity index is 678. The van der Waals surface area contributed by atoms with Crippen molar-refractivity contribution in [3.05, 3.63) is 36.0 Å². The van der Waals surface area contributed by atoms with Gasteiger partial charge in [-0.1, -0.05) is 37.7 Å². The van der Waals surface area contributed by atoms with Gasteiger partial charge in [-0.15, -0.1) is 10.2 Å². The molecule has 1 N–H and O–H groups in total. The van der Waals surface area contributed by atoms with E-state index in [0.29, 0.717) is 12.5 Å². The molecule has 6 nitrogen and oxygen atoms in total. The summed E-state index contributed by atoms with van der Waals surface area (Å²) < 4.78 is 24.5. The highest BCUT2D eigenvalue weighted by Gasteiger charge is 2.18. The van der Waals surface area contributed by atoms with Crippen molar-refractivity contribution in [1.82, 2.24) is 15.5 Å². The summed E-state index contributed by atoms with van der Waals surface area (Å²) in [4.78, 5) is 11.7. The summed E-state index contributed by atoms with van der Waals surface area (Å²) >= 11 is 1.15. The van der Waals surface area contributed by atoms with E-state index in [1.807, 2.05) is 13.8 Å². The summed E-state index contributed by atoms with van der Waals surface area (Å²) in [5.74, 6) is 0.375. The van der Waals surface area contributed by atoms with Crippen molar-refractivity contribution in [1.29, 1.82) is 0 Å². The number of ether oxygens (including phenoxy) is 1. The third-order valence-corrected chi connectivity index (χ3v) is 3.76. The van der Waals surface area contributed by atoms with Crippen LogP contribution in [0.15, 0.2) is 33.9 Å². The Morgan fingerprint density at radius 1 is 1.33 bits per heavy atom. The molecule has 0 aliphatic carbocycles. The number of para-hydroxylation sites is 1. The Morgan fingerprint density at radius 2 is 2.08 bits per heavy atom. The van der Waals surface area contributed by atoms with Gasteiger partial charge < -0.3 is 14.5 Å². The van der Waals surface area contributed by atoms with Crippen molar-refractivity contribution in [3.8, 4) is 5.75 Å². The SMILES string of the molecule is CC(C)CNC(=O)CSc1nnc([C@@H](C)Oc2ccccc2F)o1. The van der Waals surface area contributed by atoms with Crippen LogP contribution in [0.1, 0.15) is 32.8 Å². The first kappa shape index (κ1) is 18.3. The molecule has 0 spiro atoms. The van der Waals surface area contributed by atoms with Crippen molar-refractivity contribution >= 4 is 17.7 Å². The number of benzene rings is 1. The Hall–Kier alpha value is -2.09. The zero-order valence-electron chi connectivity index (χ0n) is 13.8. The predicted molar refractivity (Wildman–Crippen MR) is 88.3 cm³/mol. The molecule has 130 valence electrons. The van der Waals surface area contributed by atoms with Crippen molar-refractivity contribution in [2.24, 2.45) is 5.92 Å². The van der Waals surface area contributed by atoms with Crippen LogP contribution in [0, 0.1) is 11.7 Å². The molecule has 1 aromatic heterocycles. The highest BCUT2D eigenvalue weighted by molar-refractivity contribution is 7.99. The number of aromatic nitrogens is 2. The summed E-state index contributed by atoms with van der Waals surface area (Å²) in [6.07, 6.45) is -0.599. The molecule has 1 amide bonds. The third kappa shape index (κ3) is 5.52. The number of amides is 1. The summed E-state index contributed by atoms with van der Waals surface area (Å²) in [5.41, 5.74) is 0. The molecule has 0 aliphatic heterocycles. The van der Waals surface area contributed by atoms with Crippen LogP contribution in [0.2, 0.25) is 0 Å². The Morgan fingerprint density at radius 3 is 2.79 bits per heavy atom. The molecule has 8 heteroatoms. The van der Waals surface area contributed by atoms with Crippen LogP contribution in [-0.4, -0.2) is 28.4 Å². The fourth-order valence-corrected chi connectivity index (χ4v) is 2.32. The zero-order valence-corrected chi connectivity index (χ0v) is 14.6. The summed E-state index contributed by atoms with van der Waals surface area (Å²) in [5, 5.41) is 10.8. The monoisotopic (exact) mass is 353 g/mol. The molecular formula is C16H20FN3O3S. The van der Waals surface area contributed by atoms with Crippen LogP contribution < -0.4 is 10.1 Å². The quantitative estimate of drug-likeness (QED) is 0.734. The molecule has 24 heavy (non-hydrogen) atoms. The Balaban J connectivity index is 1.86. The topological polar surface area (TPSA) is 77.2 Å². The second kappa shape index (κ2) is 8.68. The van der Waals surface area contributed by atoms with Gasteiger partial charge >= 0.3 is 0 Å². The molecule has 1 heterocycles. The molecule has 0 fully saturated rings. The minimum absolute atomic E-state index is 0.0934. The maximum Gasteiger partial charge on any atom is 0.277 e. The van der Waals surface area contributed by atoms with Crippen LogP contribution >= 0.6 is 11.8 Å². The maximum absolute atomic E-state index is 13.6. The molecule has 0 saturated carbocycles. The fourth-order valence-electron chi connectivity index (χ4n) is 1.72. The lowest BCUT2D eigenvalue weighted by Crippen LogP contribution is -2.28. The van der Waals surface area contributed by atoms with Gasteiger partial charge in [-0.05, 0) is 25.0 Å². The summed E-state index contributed by atoms with van der Waals surface area (Å²) in [7, 11) is 0. The van der Waals surface area contributed by atoms with Gasteiger partial charge in [0.1, 0.15) is 0 Å². The molecule has 2 rings (SSSR count). The van der Waals surface area contributed by atoms with Gasteiger partial charge in [0, 0.05) is 6.54 Å². The molecule has 0 aliphatic rings. The second-order valence-electron chi connectivity index (χ2n) is 5.58. The van der Waals surface area contributed by atoms with Gasteiger partial charge in [-0.25, -0.2) is 4.39 Å². The number of nitrogens with one attached hydrogen (secondary N) is 1. The highest BCUT2D eigenvalue weighted by Crippen LogP contribution is 2.25. The Labute approximate surface area is 144 Å². The maximum atomic E-state index is 13.6. The van der Waals surface area contributed by atoms with Gasteiger partial charge in [0.2, 0.25) is 5.91 Å². The average molecular weight is 353 g/mol.